The molecule has 1 N–H and O–H groups in total. The fraction of sp³-hybridized carbons (Fsp3) is 0.0588. The summed E-state index contributed by atoms with van der Waals surface area (Å²) < 4.78 is 0. The van der Waals surface area contributed by atoms with Gasteiger partial charge >= 0.3 is 0 Å². The molecule has 0 atom stereocenters. The number of rotatable bonds is 3. The summed E-state index contributed by atoms with van der Waals surface area (Å²) in [4.78, 5) is 24.6. The first-order valence-corrected chi connectivity index (χ1v) is 6.84. The van der Waals surface area contributed by atoms with Crippen LogP contribution in [0.1, 0.15) is 16.1 Å². The molecule has 0 aliphatic heterocycles. The van der Waals surface area contributed by atoms with Gasteiger partial charge in [-0.1, -0.05) is 35.9 Å². The van der Waals surface area contributed by atoms with E-state index in [-0.39, 0.29) is 5.91 Å². The molecule has 0 aliphatic carbocycles. The second kappa shape index (κ2) is 6.13. The molecule has 0 bridgehead atoms. The van der Waals surface area contributed by atoms with E-state index in [9.17, 15) is 4.79 Å². The fourth-order valence-electron chi connectivity index (χ4n) is 1.97. The van der Waals surface area contributed by atoms with Crippen molar-refractivity contribution in [3.63, 3.8) is 0 Å². The Balaban J connectivity index is 1.82. The maximum absolute atomic E-state index is 12.1. The zero-order chi connectivity index (χ0) is 15.4. The first-order chi connectivity index (χ1) is 10.7. The third kappa shape index (κ3) is 3.15. The standard InChI is InChI=1S/C17H14N4O/c1-12-5-7-13(8-6-12)15-10-18-11-16(20-15)21-17(22)14-4-2-3-9-19-14/h2-11H,1H3,(H,20,21,22). The second-order valence-electron chi connectivity index (χ2n) is 4.82. The molecule has 108 valence electrons. The molecular weight excluding hydrogens is 276 g/mol. The van der Waals surface area contributed by atoms with E-state index in [1.807, 2.05) is 31.2 Å². The highest BCUT2D eigenvalue weighted by Gasteiger charge is 2.09. The van der Waals surface area contributed by atoms with E-state index in [0.717, 1.165) is 5.56 Å². The molecule has 0 saturated carbocycles. The van der Waals surface area contributed by atoms with Gasteiger partial charge in [0.2, 0.25) is 0 Å². The molecule has 1 aromatic carbocycles. The largest absolute Gasteiger partial charge is 0.304 e. The minimum Gasteiger partial charge on any atom is -0.304 e. The Labute approximate surface area is 128 Å². The summed E-state index contributed by atoms with van der Waals surface area (Å²) >= 11 is 0. The SMILES string of the molecule is Cc1ccc(-c2cncc(NC(=O)c3ccccn3)n2)cc1. The molecule has 2 aromatic heterocycles. The first-order valence-electron chi connectivity index (χ1n) is 6.84. The van der Waals surface area contributed by atoms with Crippen LogP contribution in [0.3, 0.4) is 0 Å². The molecule has 0 spiro atoms. The molecule has 0 radical (unpaired) electrons. The molecular formula is C17H14N4O. The number of pyridine rings is 1. The van der Waals surface area contributed by atoms with Gasteiger partial charge in [-0.25, -0.2) is 4.98 Å². The lowest BCUT2D eigenvalue weighted by molar-refractivity contribution is 0.102. The molecule has 5 heteroatoms. The van der Waals surface area contributed by atoms with Crippen molar-refractivity contribution >= 4 is 11.7 Å². The highest BCUT2D eigenvalue weighted by molar-refractivity contribution is 6.02. The number of benzene rings is 1. The molecule has 0 unspecified atom stereocenters. The summed E-state index contributed by atoms with van der Waals surface area (Å²) in [6.45, 7) is 2.03. The Morgan fingerprint density at radius 1 is 1.05 bits per heavy atom. The Morgan fingerprint density at radius 3 is 2.59 bits per heavy atom. The molecule has 0 aliphatic rings. The van der Waals surface area contributed by atoms with Gasteiger partial charge in [-0.2, -0.15) is 0 Å². The quantitative estimate of drug-likeness (QED) is 0.804. The number of amides is 1. The third-order valence-corrected chi connectivity index (χ3v) is 3.12. The van der Waals surface area contributed by atoms with Gasteiger partial charge < -0.3 is 5.32 Å². The van der Waals surface area contributed by atoms with Crippen LogP contribution in [0.2, 0.25) is 0 Å². The van der Waals surface area contributed by atoms with E-state index in [4.69, 9.17) is 0 Å². The van der Waals surface area contributed by atoms with Crippen LogP contribution in [0.5, 0.6) is 0 Å². The molecule has 0 fully saturated rings. The molecule has 3 aromatic rings. The van der Waals surface area contributed by atoms with Crippen molar-refractivity contribution in [1.29, 1.82) is 0 Å². The van der Waals surface area contributed by atoms with Gasteiger partial charge in [0.05, 0.1) is 18.1 Å². The van der Waals surface area contributed by atoms with E-state index >= 15 is 0 Å². The maximum atomic E-state index is 12.1. The minimum atomic E-state index is -0.309. The summed E-state index contributed by atoms with van der Waals surface area (Å²) in [5.74, 6) is 0.0877. The van der Waals surface area contributed by atoms with Crippen molar-refractivity contribution in [2.75, 3.05) is 5.32 Å². The van der Waals surface area contributed by atoms with Crippen molar-refractivity contribution in [1.82, 2.24) is 15.0 Å². The van der Waals surface area contributed by atoms with Crippen molar-refractivity contribution in [2.45, 2.75) is 6.92 Å². The normalized spacial score (nSPS) is 10.2. The van der Waals surface area contributed by atoms with E-state index in [1.165, 1.54) is 11.8 Å². The monoisotopic (exact) mass is 290 g/mol. The lowest BCUT2D eigenvalue weighted by Gasteiger charge is -2.06. The second-order valence-corrected chi connectivity index (χ2v) is 4.82. The van der Waals surface area contributed by atoms with Crippen molar-refractivity contribution < 1.29 is 4.79 Å². The molecule has 0 saturated heterocycles. The lowest BCUT2D eigenvalue weighted by atomic mass is 10.1. The Bertz CT molecular complexity index is 785. The van der Waals surface area contributed by atoms with Crippen LogP contribution in [0, 0.1) is 6.92 Å². The molecule has 22 heavy (non-hydrogen) atoms. The maximum Gasteiger partial charge on any atom is 0.275 e. The number of aryl methyl sites for hydroxylation is 1. The van der Waals surface area contributed by atoms with Crippen molar-refractivity contribution in [3.05, 3.63) is 72.3 Å². The van der Waals surface area contributed by atoms with E-state index in [2.05, 4.69) is 20.3 Å². The Morgan fingerprint density at radius 2 is 1.86 bits per heavy atom. The number of hydrogen-bond acceptors (Lipinski definition) is 4. The van der Waals surface area contributed by atoms with Gasteiger partial charge in [-0.3, -0.25) is 14.8 Å². The lowest BCUT2D eigenvalue weighted by Crippen LogP contribution is -2.14. The Kier molecular flexibility index (Phi) is 3.87. The number of carbonyl (C=O) groups excluding carboxylic acids is 1. The van der Waals surface area contributed by atoms with Crippen LogP contribution >= 0.6 is 0 Å². The first kappa shape index (κ1) is 13.9. The van der Waals surface area contributed by atoms with Crippen LogP contribution in [0.4, 0.5) is 5.82 Å². The van der Waals surface area contributed by atoms with Crippen LogP contribution < -0.4 is 5.32 Å². The minimum absolute atomic E-state index is 0.309. The summed E-state index contributed by atoms with van der Waals surface area (Å²) in [6, 6.07) is 13.1. The molecule has 5 nitrogen and oxygen atoms in total. The Hall–Kier alpha value is -3.08. The van der Waals surface area contributed by atoms with Crippen LogP contribution in [0.25, 0.3) is 11.3 Å². The van der Waals surface area contributed by atoms with Crippen LogP contribution in [-0.4, -0.2) is 20.9 Å². The number of nitrogens with zero attached hydrogens (tertiary/aromatic N) is 3. The summed E-state index contributed by atoms with van der Waals surface area (Å²) in [5.41, 5.74) is 3.17. The smallest absolute Gasteiger partial charge is 0.275 e. The molecule has 3 rings (SSSR count). The highest BCUT2D eigenvalue weighted by atomic mass is 16.1. The number of aromatic nitrogens is 3. The average Bonchev–Trinajstić information content (AvgIpc) is 2.56. The topological polar surface area (TPSA) is 67.8 Å². The predicted octanol–water partition coefficient (Wildman–Crippen LogP) is 3.10. The van der Waals surface area contributed by atoms with Gasteiger partial charge in [0.25, 0.3) is 5.91 Å². The zero-order valence-corrected chi connectivity index (χ0v) is 12.0. The van der Waals surface area contributed by atoms with Crippen molar-refractivity contribution in [2.24, 2.45) is 0 Å². The van der Waals surface area contributed by atoms with Gasteiger partial charge in [0.15, 0.2) is 5.82 Å². The summed E-state index contributed by atoms with van der Waals surface area (Å²) in [5, 5.41) is 2.70. The number of carbonyl (C=O) groups is 1. The van der Waals surface area contributed by atoms with Gasteiger partial charge in [0, 0.05) is 11.8 Å². The van der Waals surface area contributed by atoms with E-state index in [1.54, 1.807) is 30.6 Å². The third-order valence-electron chi connectivity index (χ3n) is 3.12. The number of hydrogen-bond donors (Lipinski definition) is 1. The van der Waals surface area contributed by atoms with E-state index in [0.29, 0.717) is 17.2 Å². The van der Waals surface area contributed by atoms with Crippen molar-refractivity contribution in [3.8, 4) is 11.3 Å². The average molecular weight is 290 g/mol. The van der Waals surface area contributed by atoms with Gasteiger partial charge in [-0.05, 0) is 19.1 Å². The summed E-state index contributed by atoms with van der Waals surface area (Å²) in [7, 11) is 0. The van der Waals surface area contributed by atoms with E-state index < -0.39 is 0 Å². The predicted molar refractivity (Wildman–Crippen MR) is 84.4 cm³/mol. The van der Waals surface area contributed by atoms with Gasteiger partial charge in [0.1, 0.15) is 5.69 Å². The van der Waals surface area contributed by atoms with Crippen LogP contribution in [-0.2, 0) is 0 Å². The number of nitrogens with one attached hydrogen (secondary N) is 1. The molecule has 1 amide bonds. The van der Waals surface area contributed by atoms with Crippen LogP contribution in [0.15, 0.2) is 61.1 Å². The highest BCUT2D eigenvalue weighted by Crippen LogP contribution is 2.18. The zero-order valence-electron chi connectivity index (χ0n) is 12.0. The number of anilines is 1. The summed E-state index contributed by atoms with van der Waals surface area (Å²) in [6.07, 6.45) is 4.75. The fourth-order valence-corrected chi connectivity index (χ4v) is 1.97. The van der Waals surface area contributed by atoms with Gasteiger partial charge in [-0.15, -0.1) is 0 Å². The molecule has 2 heterocycles.